The third kappa shape index (κ3) is 3.95. The Labute approximate surface area is 125 Å². The molecule has 1 aromatic rings. The number of benzene rings is 1. The van der Waals surface area contributed by atoms with Crippen molar-refractivity contribution in [2.24, 2.45) is 0 Å². The average Bonchev–Trinajstić information content (AvgIpc) is 2.92. The molecule has 0 saturated carbocycles. The molecule has 20 heavy (non-hydrogen) atoms. The number of hydrogen-bond donors (Lipinski definition) is 2. The molecule has 5 nitrogen and oxygen atoms in total. The van der Waals surface area contributed by atoms with Crippen LogP contribution >= 0.6 is 12.4 Å². The van der Waals surface area contributed by atoms with Gasteiger partial charge in [0.1, 0.15) is 0 Å². The summed E-state index contributed by atoms with van der Waals surface area (Å²) in [4.78, 5) is 25.3. The first-order valence-corrected chi connectivity index (χ1v) is 6.44. The van der Waals surface area contributed by atoms with Crippen molar-refractivity contribution < 1.29 is 9.59 Å². The third-order valence-electron chi connectivity index (χ3n) is 3.16. The van der Waals surface area contributed by atoms with Crippen LogP contribution in [0.4, 0.5) is 5.69 Å². The summed E-state index contributed by atoms with van der Waals surface area (Å²) in [5.74, 6) is -0.109. The van der Waals surface area contributed by atoms with E-state index in [0.717, 1.165) is 19.4 Å². The number of nitrogens with one attached hydrogen (secondary N) is 2. The Hall–Kier alpha value is -1.59. The van der Waals surface area contributed by atoms with Gasteiger partial charge in [0.25, 0.3) is 5.91 Å². The van der Waals surface area contributed by atoms with Crippen LogP contribution in [0.25, 0.3) is 0 Å². The molecule has 6 heteroatoms. The Morgan fingerprint density at radius 2 is 2.10 bits per heavy atom. The van der Waals surface area contributed by atoms with Crippen LogP contribution in [-0.2, 0) is 4.79 Å². The summed E-state index contributed by atoms with van der Waals surface area (Å²) < 4.78 is 0. The monoisotopic (exact) mass is 297 g/mol. The number of carbonyl (C=O) groups excluding carboxylic acids is 2. The lowest BCUT2D eigenvalue weighted by Crippen LogP contribution is -2.35. The van der Waals surface area contributed by atoms with Crippen molar-refractivity contribution in [3.63, 3.8) is 0 Å². The number of nitrogens with zero attached hydrogens (tertiary/aromatic N) is 1. The molecular formula is C14H20ClN3O2. The summed E-state index contributed by atoms with van der Waals surface area (Å²) in [5, 5.41) is 5.99. The van der Waals surface area contributed by atoms with Crippen LogP contribution < -0.4 is 10.6 Å². The number of rotatable bonds is 3. The predicted molar refractivity (Wildman–Crippen MR) is 81.4 cm³/mol. The first kappa shape index (κ1) is 16.5. The molecule has 1 fully saturated rings. The Kier molecular flexibility index (Phi) is 5.98. The molecule has 1 aliphatic rings. The molecule has 110 valence electrons. The summed E-state index contributed by atoms with van der Waals surface area (Å²) in [5.41, 5.74) is 1.23. The standard InChI is InChI=1S/C14H19N3O2.ClH/c1-17(2)14(19)10-5-3-6-11(9-10)16-13(18)12-7-4-8-15-12;/h3,5-6,9,12,15H,4,7-8H2,1-2H3,(H,16,18);1H/t12-;/m0./s1. The van der Waals surface area contributed by atoms with Gasteiger partial charge in [0.2, 0.25) is 5.91 Å². The third-order valence-corrected chi connectivity index (χ3v) is 3.16. The van der Waals surface area contributed by atoms with E-state index in [2.05, 4.69) is 10.6 Å². The second-order valence-electron chi connectivity index (χ2n) is 4.92. The van der Waals surface area contributed by atoms with Crippen molar-refractivity contribution in [1.82, 2.24) is 10.2 Å². The molecule has 0 aromatic heterocycles. The summed E-state index contributed by atoms with van der Waals surface area (Å²) in [6.45, 7) is 0.886. The molecule has 1 aliphatic heterocycles. The summed E-state index contributed by atoms with van der Waals surface area (Å²) in [6, 6.07) is 6.89. The number of halogens is 1. The molecule has 0 aliphatic carbocycles. The van der Waals surface area contributed by atoms with Gasteiger partial charge < -0.3 is 15.5 Å². The van der Waals surface area contributed by atoms with Gasteiger partial charge in [0, 0.05) is 25.3 Å². The van der Waals surface area contributed by atoms with Crippen LogP contribution in [0.15, 0.2) is 24.3 Å². The van der Waals surface area contributed by atoms with E-state index in [1.54, 1.807) is 38.4 Å². The molecule has 0 bridgehead atoms. The number of carbonyl (C=O) groups is 2. The Morgan fingerprint density at radius 3 is 2.70 bits per heavy atom. The van der Waals surface area contributed by atoms with E-state index in [-0.39, 0.29) is 30.3 Å². The van der Waals surface area contributed by atoms with E-state index < -0.39 is 0 Å². The highest BCUT2D eigenvalue weighted by atomic mass is 35.5. The first-order valence-electron chi connectivity index (χ1n) is 6.44. The maximum Gasteiger partial charge on any atom is 0.253 e. The molecule has 1 atom stereocenters. The fraction of sp³-hybridized carbons (Fsp3) is 0.429. The molecule has 2 amide bonds. The minimum absolute atomic E-state index is 0. The highest BCUT2D eigenvalue weighted by Crippen LogP contribution is 2.14. The highest BCUT2D eigenvalue weighted by Gasteiger charge is 2.22. The van der Waals surface area contributed by atoms with Crippen molar-refractivity contribution in [2.45, 2.75) is 18.9 Å². The minimum Gasteiger partial charge on any atom is -0.345 e. The quantitative estimate of drug-likeness (QED) is 0.889. The van der Waals surface area contributed by atoms with Crippen LogP contribution in [0.5, 0.6) is 0 Å². The Bertz CT molecular complexity index is 485. The summed E-state index contributed by atoms with van der Waals surface area (Å²) in [7, 11) is 3.41. The molecule has 2 rings (SSSR count). The van der Waals surface area contributed by atoms with Gasteiger partial charge in [-0.25, -0.2) is 0 Å². The largest absolute Gasteiger partial charge is 0.345 e. The van der Waals surface area contributed by atoms with Crippen LogP contribution in [0.3, 0.4) is 0 Å². The lowest BCUT2D eigenvalue weighted by atomic mass is 10.1. The zero-order valence-corrected chi connectivity index (χ0v) is 12.5. The zero-order valence-electron chi connectivity index (χ0n) is 11.7. The van der Waals surface area contributed by atoms with Crippen LogP contribution in [0.1, 0.15) is 23.2 Å². The Morgan fingerprint density at radius 1 is 1.35 bits per heavy atom. The van der Waals surface area contributed by atoms with Crippen molar-refractivity contribution in [1.29, 1.82) is 0 Å². The van der Waals surface area contributed by atoms with E-state index in [1.165, 1.54) is 4.90 Å². The lowest BCUT2D eigenvalue weighted by molar-refractivity contribution is -0.117. The van der Waals surface area contributed by atoms with Crippen molar-refractivity contribution >= 4 is 29.9 Å². The number of amides is 2. The highest BCUT2D eigenvalue weighted by molar-refractivity contribution is 5.98. The van der Waals surface area contributed by atoms with Crippen molar-refractivity contribution in [3.8, 4) is 0 Å². The van der Waals surface area contributed by atoms with Crippen molar-refractivity contribution in [2.75, 3.05) is 26.0 Å². The fourth-order valence-electron chi connectivity index (χ4n) is 2.13. The van der Waals surface area contributed by atoms with E-state index in [4.69, 9.17) is 0 Å². The van der Waals surface area contributed by atoms with Crippen LogP contribution in [0, 0.1) is 0 Å². The molecule has 1 saturated heterocycles. The summed E-state index contributed by atoms with van der Waals surface area (Å²) in [6.07, 6.45) is 1.89. The van der Waals surface area contributed by atoms with Gasteiger partial charge in [-0.1, -0.05) is 6.07 Å². The molecule has 2 N–H and O–H groups in total. The van der Waals surface area contributed by atoms with E-state index >= 15 is 0 Å². The second kappa shape index (κ2) is 7.26. The molecule has 0 radical (unpaired) electrons. The normalized spacial score (nSPS) is 17.2. The van der Waals surface area contributed by atoms with Gasteiger partial charge >= 0.3 is 0 Å². The number of hydrogen-bond acceptors (Lipinski definition) is 3. The zero-order chi connectivity index (χ0) is 13.8. The summed E-state index contributed by atoms with van der Waals surface area (Å²) >= 11 is 0. The van der Waals surface area contributed by atoms with E-state index in [0.29, 0.717) is 11.3 Å². The van der Waals surface area contributed by atoms with Crippen LogP contribution in [0.2, 0.25) is 0 Å². The van der Waals surface area contributed by atoms with Gasteiger partial charge in [-0.3, -0.25) is 9.59 Å². The Balaban J connectivity index is 0.00000200. The maximum absolute atomic E-state index is 12.0. The topological polar surface area (TPSA) is 61.4 Å². The van der Waals surface area contributed by atoms with Crippen LogP contribution in [-0.4, -0.2) is 43.4 Å². The van der Waals surface area contributed by atoms with E-state index in [9.17, 15) is 9.59 Å². The average molecular weight is 298 g/mol. The molecule has 1 aromatic carbocycles. The molecular weight excluding hydrogens is 278 g/mol. The first-order chi connectivity index (χ1) is 9.08. The number of anilines is 1. The smallest absolute Gasteiger partial charge is 0.253 e. The minimum atomic E-state index is -0.117. The fourth-order valence-corrected chi connectivity index (χ4v) is 2.13. The van der Waals surface area contributed by atoms with Gasteiger partial charge in [-0.05, 0) is 37.6 Å². The van der Waals surface area contributed by atoms with Crippen molar-refractivity contribution in [3.05, 3.63) is 29.8 Å². The van der Waals surface area contributed by atoms with E-state index in [1.807, 2.05) is 0 Å². The van der Waals surface area contributed by atoms with Gasteiger partial charge in [0.05, 0.1) is 6.04 Å². The van der Waals surface area contributed by atoms with Gasteiger partial charge in [-0.2, -0.15) is 0 Å². The second-order valence-corrected chi connectivity index (χ2v) is 4.92. The van der Waals surface area contributed by atoms with Gasteiger partial charge in [0.15, 0.2) is 0 Å². The molecule has 0 spiro atoms. The maximum atomic E-state index is 12.0. The SMILES string of the molecule is CN(C)C(=O)c1cccc(NC(=O)[C@@H]2CCCN2)c1.Cl. The lowest BCUT2D eigenvalue weighted by Gasteiger charge is -2.13. The van der Waals surface area contributed by atoms with Gasteiger partial charge in [-0.15, -0.1) is 12.4 Å². The molecule has 0 unspecified atom stereocenters. The predicted octanol–water partition coefficient (Wildman–Crippen LogP) is 1.50. The molecule has 1 heterocycles.